The van der Waals surface area contributed by atoms with E-state index in [-0.39, 0.29) is 5.78 Å². The molecule has 28 heavy (non-hydrogen) atoms. The van der Waals surface area contributed by atoms with Gasteiger partial charge in [0, 0.05) is 24.6 Å². The molecule has 1 heterocycles. The first-order valence-corrected chi connectivity index (χ1v) is 9.44. The molecule has 5 heteroatoms. The second-order valence-corrected chi connectivity index (χ2v) is 6.37. The molecule has 0 spiro atoms. The van der Waals surface area contributed by atoms with Crippen LogP contribution in [0.15, 0.2) is 59.9 Å². The number of Topliss-reactive ketones (excluding diaryl/α,β-unsaturated/α-hetero) is 1. The van der Waals surface area contributed by atoms with E-state index in [0.29, 0.717) is 17.8 Å². The second-order valence-electron chi connectivity index (χ2n) is 6.37. The lowest BCUT2D eigenvalue weighted by atomic mass is 10.0. The number of benzene rings is 1. The summed E-state index contributed by atoms with van der Waals surface area (Å²) in [6, 6.07) is 9.97. The Morgan fingerprint density at radius 3 is 2.50 bits per heavy atom. The van der Waals surface area contributed by atoms with Gasteiger partial charge in [0.25, 0.3) is 0 Å². The van der Waals surface area contributed by atoms with Crippen molar-refractivity contribution in [2.24, 2.45) is 0 Å². The molecule has 0 aliphatic heterocycles. The van der Waals surface area contributed by atoms with Gasteiger partial charge in [-0.05, 0) is 39.0 Å². The number of nitrogens with zero attached hydrogens (tertiary/aromatic N) is 2. The minimum Gasteiger partial charge on any atom is -0.501 e. The smallest absolute Gasteiger partial charge is 0.165 e. The van der Waals surface area contributed by atoms with Crippen molar-refractivity contribution in [1.29, 1.82) is 0 Å². The zero-order valence-corrected chi connectivity index (χ0v) is 17.5. The first kappa shape index (κ1) is 21.2. The van der Waals surface area contributed by atoms with Crippen LogP contribution < -0.4 is 5.32 Å². The molecule has 0 bridgehead atoms. The SMILES string of the molecule is C\C=C/C(=C\C(C(=O)CC)=C(/C)OC)c1nn(-c2ccccc2)c(NC)c1C. The summed E-state index contributed by atoms with van der Waals surface area (Å²) in [4.78, 5) is 12.5. The number of hydrogen-bond donors (Lipinski definition) is 1. The van der Waals surface area contributed by atoms with Gasteiger partial charge in [-0.25, -0.2) is 4.68 Å². The van der Waals surface area contributed by atoms with Crippen LogP contribution in [0, 0.1) is 6.92 Å². The van der Waals surface area contributed by atoms with Crippen molar-refractivity contribution in [2.75, 3.05) is 19.5 Å². The van der Waals surface area contributed by atoms with Crippen LogP contribution in [0.4, 0.5) is 5.82 Å². The Bertz CT molecular complexity index is 919. The lowest BCUT2D eigenvalue weighted by Gasteiger charge is -2.08. The van der Waals surface area contributed by atoms with E-state index in [9.17, 15) is 4.79 Å². The molecule has 0 atom stereocenters. The molecule has 2 aromatic rings. The predicted molar refractivity (Wildman–Crippen MR) is 116 cm³/mol. The highest BCUT2D eigenvalue weighted by molar-refractivity contribution is 6.00. The van der Waals surface area contributed by atoms with E-state index in [0.717, 1.165) is 28.3 Å². The molecule has 0 unspecified atom stereocenters. The molecule has 1 aromatic heterocycles. The van der Waals surface area contributed by atoms with Gasteiger partial charge >= 0.3 is 0 Å². The fourth-order valence-corrected chi connectivity index (χ4v) is 3.03. The van der Waals surface area contributed by atoms with E-state index < -0.39 is 0 Å². The van der Waals surface area contributed by atoms with Gasteiger partial charge in [0.15, 0.2) is 5.78 Å². The lowest BCUT2D eigenvalue weighted by Crippen LogP contribution is -2.04. The molecule has 148 valence electrons. The van der Waals surface area contributed by atoms with E-state index in [4.69, 9.17) is 9.84 Å². The summed E-state index contributed by atoms with van der Waals surface area (Å²) < 4.78 is 7.24. The number of ether oxygens (including phenoxy) is 1. The van der Waals surface area contributed by atoms with Crippen molar-refractivity contribution in [2.45, 2.75) is 34.1 Å². The van der Waals surface area contributed by atoms with Gasteiger partial charge in [-0.15, -0.1) is 0 Å². The molecule has 0 fully saturated rings. The third-order valence-electron chi connectivity index (χ3n) is 4.59. The van der Waals surface area contributed by atoms with Gasteiger partial charge in [-0.3, -0.25) is 4.79 Å². The Balaban J connectivity index is 2.71. The number of hydrogen-bond acceptors (Lipinski definition) is 4. The Kier molecular flexibility index (Phi) is 7.38. The Labute approximate surface area is 167 Å². The average molecular weight is 380 g/mol. The van der Waals surface area contributed by atoms with E-state index in [2.05, 4.69) is 5.32 Å². The number of rotatable bonds is 8. The molecule has 0 amide bonds. The lowest BCUT2D eigenvalue weighted by molar-refractivity contribution is -0.115. The number of allylic oxidation sites excluding steroid dienone is 6. The number of aromatic nitrogens is 2. The van der Waals surface area contributed by atoms with Crippen LogP contribution >= 0.6 is 0 Å². The summed E-state index contributed by atoms with van der Waals surface area (Å²) in [5, 5.41) is 8.10. The number of para-hydroxylation sites is 1. The van der Waals surface area contributed by atoms with Gasteiger partial charge in [-0.2, -0.15) is 5.10 Å². The van der Waals surface area contributed by atoms with Crippen molar-refractivity contribution in [3.63, 3.8) is 0 Å². The summed E-state index contributed by atoms with van der Waals surface area (Å²) >= 11 is 0. The molecule has 0 aliphatic rings. The standard InChI is InChI=1S/C23H29N3O2/c1-7-12-18(15-20(17(4)28-6)21(27)8-2)22-16(3)23(24-5)26(25-22)19-13-10-9-11-14-19/h7,9-15,24H,8H2,1-6H3/b12-7-,18-15+,20-17-. The van der Waals surface area contributed by atoms with E-state index in [1.807, 2.05) is 81.1 Å². The van der Waals surface area contributed by atoms with E-state index in [1.165, 1.54) is 0 Å². The van der Waals surface area contributed by atoms with Crippen LogP contribution in [0.25, 0.3) is 11.3 Å². The maximum atomic E-state index is 12.5. The number of carbonyl (C=O) groups excluding carboxylic acids is 1. The monoisotopic (exact) mass is 379 g/mol. The average Bonchev–Trinajstić information content (AvgIpc) is 3.06. The molecule has 0 radical (unpaired) electrons. The predicted octanol–water partition coefficient (Wildman–Crippen LogP) is 5.08. The van der Waals surface area contributed by atoms with Crippen LogP contribution in [-0.4, -0.2) is 29.7 Å². The maximum Gasteiger partial charge on any atom is 0.165 e. The van der Waals surface area contributed by atoms with Crippen molar-refractivity contribution < 1.29 is 9.53 Å². The molecule has 0 saturated carbocycles. The molecule has 5 nitrogen and oxygen atoms in total. The highest BCUT2D eigenvalue weighted by Gasteiger charge is 2.18. The molecule has 0 saturated heterocycles. The Morgan fingerprint density at radius 1 is 1.29 bits per heavy atom. The molecule has 0 aliphatic carbocycles. The van der Waals surface area contributed by atoms with Crippen LogP contribution in [-0.2, 0) is 9.53 Å². The van der Waals surface area contributed by atoms with Crippen LogP contribution in [0.5, 0.6) is 0 Å². The van der Waals surface area contributed by atoms with Gasteiger partial charge in [0.05, 0.1) is 24.1 Å². The summed E-state index contributed by atoms with van der Waals surface area (Å²) in [5.41, 5.74) is 4.22. The normalized spacial score (nSPS) is 12.9. The highest BCUT2D eigenvalue weighted by Crippen LogP contribution is 2.29. The van der Waals surface area contributed by atoms with Crippen molar-refractivity contribution >= 4 is 17.2 Å². The van der Waals surface area contributed by atoms with Gasteiger partial charge in [-0.1, -0.05) is 37.3 Å². The number of carbonyl (C=O) groups is 1. The first-order valence-electron chi connectivity index (χ1n) is 9.44. The topological polar surface area (TPSA) is 56.1 Å². The molecular formula is C23H29N3O2. The quantitative estimate of drug-likeness (QED) is 0.395. The number of methoxy groups -OCH3 is 1. The summed E-state index contributed by atoms with van der Waals surface area (Å²) in [6.07, 6.45) is 6.20. The summed E-state index contributed by atoms with van der Waals surface area (Å²) in [5.74, 6) is 1.55. The number of ketones is 1. The Hall–Kier alpha value is -3.08. The van der Waals surface area contributed by atoms with E-state index in [1.54, 1.807) is 14.0 Å². The van der Waals surface area contributed by atoms with Crippen LogP contribution in [0.3, 0.4) is 0 Å². The van der Waals surface area contributed by atoms with Crippen LogP contribution in [0.2, 0.25) is 0 Å². The maximum absolute atomic E-state index is 12.5. The minimum atomic E-state index is 0.0374. The fraction of sp³-hybridized carbons (Fsp3) is 0.304. The van der Waals surface area contributed by atoms with Gasteiger partial charge in [0.1, 0.15) is 11.6 Å². The largest absolute Gasteiger partial charge is 0.501 e. The summed E-state index contributed by atoms with van der Waals surface area (Å²) in [6.45, 7) is 7.63. The third-order valence-corrected chi connectivity index (χ3v) is 4.59. The van der Waals surface area contributed by atoms with Crippen molar-refractivity contribution in [3.8, 4) is 5.69 Å². The zero-order chi connectivity index (χ0) is 20.7. The van der Waals surface area contributed by atoms with E-state index >= 15 is 0 Å². The molecular weight excluding hydrogens is 350 g/mol. The molecule has 2 rings (SSSR count). The number of nitrogens with one attached hydrogen (secondary N) is 1. The first-order chi connectivity index (χ1) is 13.5. The second kappa shape index (κ2) is 9.74. The Morgan fingerprint density at radius 2 is 1.96 bits per heavy atom. The van der Waals surface area contributed by atoms with Crippen LogP contribution in [0.1, 0.15) is 38.4 Å². The van der Waals surface area contributed by atoms with Crippen molar-refractivity contribution in [3.05, 3.63) is 71.1 Å². The number of anilines is 1. The highest BCUT2D eigenvalue weighted by atomic mass is 16.5. The summed E-state index contributed by atoms with van der Waals surface area (Å²) in [7, 11) is 3.46. The fourth-order valence-electron chi connectivity index (χ4n) is 3.03. The molecule has 1 aromatic carbocycles. The van der Waals surface area contributed by atoms with Gasteiger partial charge < -0.3 is 10.1 Å². The third kappa shape index (κ3) is 4.42. The minimum absolute atomic E-state index is 0.0374. The molecule has 1 N–H and O–H groups in total. The zero-order valence-electron chi connectivity index (χ0n) is 17.5. The van der Waals surface area contributed by atoms with Gasteiger partial charge in [0.2, 0.25) is 0 Å². The van der Waals surface area contributed by atoms with Crippen molar-refractivity contribution in [1.82, 2.24) is 9.78 Å².